The van der Waals surface area contributed by atoms with Crippen LogP contribution in [0.2, 0.25) is 5.02 Å². The molecule has 1 unspecified atom stereocenters. The van der Waals surface area contributed by atoms with E-state index in [1.807, 2.05) is 19.9 Å². The van der Waals surface area contributed by atoms with Gasteiger partial charge in [-0.05, 0) is 43.4 Å². The van der Waals surface area contributed by atoms with Gasteiger partial charge in [-0.1, -0.05) is 17.7 Å². The van der Waals surface area contributed by atoms with E-state index < -0.39 is 15.8 Å². The molecule has 1 aromatic carbocycles. The Kier molecular flexibility index (Phi) is 6.84. The highest BCUT2D eigenvalue weighted by Crippen LogP contribution is 2.37. The number of amides is 1. The summed E-state index contributed by atoms with van der Waals surface area (Å²) in [5, 5.41) is 2.61. The molecular formula is C20H23ClN2O5S2. The van der Waals surface area contributed by atoms with Crippen molar-refractivity contribution in [1.29, 1.82) is 0 Å². The quantitative estimate of drug-likeness (QED) is 0.593. The largest absolute Gasteiger partial charge is 0.459 e. The lowest BCUT2D eigenvalue weighted by Crippen LogP contribution is -2.24. The van der Waals surface area contributed by atoms with Crippen LogP contribution in [0.3, 0.4) is 0 Å². The van der Waals surface area contributed by atoms with E-state index in [0.29, 0.717) is 28.0 Å². The number of benzene rings is 1. The first kappa shape index (κ1) is 22.7. The highest BCUT2D eigenvalue weighted by Gasteiger charge is 2.30. The van der Waals surface area contributed by atoms with Gasteiger partial charge < -0.3 is 4.74 Å². The third-order valence-electron chi connectivity index (χ3n) is 4.83. The number of halogens is 1. The molecule has 1 amide bonds. The van der Waals surface area contributed by atoms with Gasteiger partial charge >= 0.3 is 5.97 Å². The fraction of sp³-hybridized carbons (Fsp3) is 0.450. The van der Waals surface area contributed by atoms with Crippen LogP contribution in [-0.2, 0) is 30.8 Å². The first-order valence-corrected chi connectivity index (χ1v) is 12.5. The summed E-state index contributed by atoms with van der Waals surface area (Å²) < 4.78 is 28.3. The van der Waals surface area contributed by atoms with Crippen LogP contribution in [0, 0.1) is 19.8 Å². The normalized spacial score (nSPS) is 17.7. The van der Waals surface area contributed by atoms with Crippen molar-refractivity contribution in [2.24, 2.45) is 5.92 Å². The minimum atomic E-state index is -3.03. The van der Waals surface area contributed by atoms with E-state index in [1.165, 1.54) is 23.2 Å². The molecule has 0 aliphatic carbocycles. The maximum atomic E-state index is 12.4. The third-order valence-corrected chi connectivity index (χ3v) is 7.83. The van der Waals surface area contributed by atoms with E-state index in [0.717, 1.165) is 11.1 Å². The summed E-state index contributed by atoms with van der Waals surface area (Å²) in [7, 11) is -3.03. The Morgan fingerprint density at radius 3 is 2.67 bits per heavy atom. The van der Waals surface area contributed by atoms with Gasteiger partial charge in [-0.15, -0.1) is 11.3 Å². The predicted molar refractivity (Wildman–Crippen MR) is 117 cm³/mol. The summed E-state index contributed by atoms with van der Waals surface area (Å²) in [6.45, 7) is 5.20. The van der Waals surface area contributed by atoms with Crippen molar-refractivity contribution in [3.05, 3.63) is 39.4 Å². The molecule has 30 heavy (non-hydrogen) atoms. The van der Waals surface area contributed by atoms with Crippen LogP contribution in [0.4, 0.5) is 10.8 Å². The number of aromatic nitrogens is 1. The number of hydrogen-bond acceptors (Lipinski definition) is 7. The Hall–Kier alpha value is -1.97. The molecule has 1 atom stereocenters. The van der Waals surface area contributed by atoms with E-state index in [4.69, 9.17) is 16.3 Å². The molecule has 0 saturated carbocycles. The lowest BCUT2D eigenvalue weighted by atomic mass is 10.1. The molecule has 7 nitrogen and oxygen atoms in total. The predicted octanol–water partition coefficient (Wildman–Crippen LogP) is 3.97. The van der Waals surface area contributed by atoms with Crippen molar-refractivity contribution < 1.29 is 22.7 Å². The summed E-state index contributed by atoms with van der Waals surface area (Å²) in [6.07, 6.45) is 0.566. The number of ether oxygens (including phenoxy) is 1. The molecule has 1 fully saturated rings. The van der Waals surface area contributed by atoms with Gasteiger partial charge in [0.05, 0.1) is 27.9 Å². The lowest BCUT2D eigenvalue weighted by Gasteiger charge is -2.22. The zero-order valence-electron chi connectivity index (χ0n) is 17.0. The number of carbonyl (C=O) groups excluding carboxylic acids is 2. The van der Waals surface area contributed by atoms with E-state index in [-0.39, 0.29) is 36.4 Å². The minimum absolute atomic E-state index is 0.0349. The van der Waals surface area contributed by atoms with Crippen LogP contribution < -0.4 is 4.90 Å². The molecule has 1 aromatic heterocycles. The monoisotopic (exact) mass is 470 g/mol. The molecule has 0 spiro atoms. The number of rotatable bonds is 6. The number of sulfone groups is 1. The summed E-state index contributed by atoms with van der Waals surface area (Å²) >= 11 is 7.66. The molecule has 2 aromatic rings. The first-order valence-electron chi connectivity index (χ1n) is 9.43. The van der Waals surface area contributed by atoms with Crippen molar-refractivity contribution in [1.82, 2.24) is 4.98 Å². The standard InChI is InChI=1S/C20H23ClN2O5S2/c1-12-6-13(2)19(17(21)7-12)23(14(3)24)20-22-16(10-29-20)9-28-18(25)8-15-4-5-30(26,27)11-15/h6-7,10,15H,4-5,8-9,11H2,1-3H3. The smallest absolute Gasteiger partial charge is 0.306 e. The number of hydrogen-bond donors (Lipinski definition) is 0. The number of anilines is 2. The molecule has 1 aliphatic rings. The number of thiazole rings is 1. The van der Waals surface area contributed by atoms with Gasteiger partial charge in [-0.3, -0.25) is 14.5 Å². The van der Waals surface area contributed by atoms with Crippen molar-refractivity contribution in [2.75, 3.05) is 16.4 Å². The van der Waals surface area contributed by atoms with Crippen molar-refractivity contribution in [3.63, 3.8) is 0 Å². The van der Waals surface area contributed by atoms with E-state index in [2.05, 4.69) is 4.98 Å². The SMILES string of the molecule is CC(=O)N(c1nc(COC(=O)CC2CCS(=O)(=O)C2)cs1)c1c(C)cc(C)cc1Cl. The summed E-state index contributed by atoms with van der Waals surface area (Å²) in [5.74, 6) is -0.708. The van der Waals surface area contributed by atoms with Gasteiger partial charge in [0.25, 0.3) is 0 Å². The Morgan fingerprint density at radius 2 is 2.07 bits per heavy atom. The molecule has 2 heterocycles. The van der Waals surface area contributed by atoms with E-state index in [9.17, 15) is 18.0 Å². The molecule has 10 heteroatoms. The molecule has 0 N–H and O–H groups in total. The maximum Gasteiger partial charge on any atom is 0.306 e. The van der Waals surface area contributed by atoms with Gasteiger partial charge in [0.2, 0.25) is 5.91 Å². The fourth-order valence-electron chi connectivity index (χ4n) is 3.53. The molecule has 3 rings (SSSR count). The Labute approximate surface area is 184 Å². The summed E-state index contributed by atoms with van der Waals surface area (Å²) in [6, 6.07) is 3.73. The third kappa shape index (κ3) is 5.39. The van der Waals surface area contributed by atoms with Gasteiger partial charge in [0, 0.05) is 18.7 Å². The molecule has 1 aliphatic heterocycles. The first-order chi connectivity index (χ1) is 14.1. The number of nitrogens with zero attached hydrogens (tertiary/aromatic N) is 2. The van der Waals surface area contributed by atoms with Crippen molar-refractivity contribution in [2.45, 2.75) is 40.2 Å². The second kappa shape index (κ2) is 9.03. The highest BCUT2D eigenvalue weighted by atomic mass is 35.5. The summed E-state index contributed by atoms with van der Waals surface area (Å²) in [4.78, 5) is 30.3. The second-order valence-corrected chi connectivity index (χ2v) is 11.0. The second-order valence-electron chi connectivity index (χ2n) is 7.52. The Bertz CT molecular complexity index is 1060. The van der Waals surface area contributed by atoms with Crippen LogP contribution in [0.25, 0.3) is 0 Å². The molecular weight excluding hydrogens is 448 g/mol. The molecule has 0 bridgehead atoms. The van der Waals surface area contributed by atoms with E-state index >= 15 is 0 Å². The Balaban J connectivity index is 1.68. The van der Waals surface area contributed by atoms with Gasteiger partial charge in [0.15, 0.2) is 15.0 Å². The molecule has 0 radical (unpaired) electrons. The number of carbonyl (C=O) groups is 2. The minimum Gasteiger partial charge on any atom is -0.459 e. The maximum absolute atomic E-state index is 12.4. The van der Waals surface area contributed by atoms with Gasteiger partial charge in [-0.2, -0.15) is 0 Å². The van der Waals surface area contributed by atoms with Crippen molar-refractivity contribution in [3.8, 4) is 0 Å². The highest BCUT2D eigenvalue weighted by molar-refractivity contribution is 7.91. The van der Waals surface area contributed by atoms with Gasteiger partial charge in [-0.25, -0.2) is 13.4 Å². The van der Waals surface area contributed by atoms with Crippen LogP contribution in [0.1, 0.15) is 36.6 Å². The topological polar surface area (TPSA) is 93.6 Å². The fourth-order valence-corrected chi connectivity index (χ4v) is 6.65. The van der Waals surface area contributed by atoms with Crippen LogP contribution in [0.15, 0.2) is 17.5 Å². The lowest BCUT2D eigenvalue weighted by molar-refractivity contribution is -0.146. The zero-order valence-corrected chi connectivity index (χ0v) is 19.4. The molecule has 162 valence electrons. The number of aryl methyl sites for hydroxylation is 2. The summed E-state index contributed by atoms with van der Waals surface area (Å²) in [5.41, 5.74) is 2.93. The van der Waals surface area contributed by atoms with E-state index in [1.54, 1.807) is 11.4 Å². The average Bonchev–Trinajstić information content (AvgIpc) is 3.21. The average molecular weight is 471 g/mol. The van der Waals surface area contributed by atoms with Crippen LogP contribution in [-0.4, -0.2) is 36.8 Å². The Morgan fingerprint density at radius 1 is 1.33 bits per heavy atom. The van der Waals surface area contributed by atoms with Gasteiger partial charge in [0.1, 0.15) is 6.61 Å². The molecule has 1 saturated heterocycles. The number of esters is 1. The zero-order chi connectivity index (χ0) is 22.1. The van der Waals surface area contributed by atoms with Crippen LogP contribution in [0.5, 0.6) is 0 Å². The van der Waals surface area contributed by atoms with Crippen molar-refractivity contribution >= 4 is 55.5 Å². The van der Waals surface area contributed by atoms with Crippen LogP contribution >= 0.6 is 22.9 Å².